The summed E-state index contributed by atoms with van der Waals surface area (Å²) >= 11 is 0. The van der Waals surface area contributed by atoms with Crippen molar-refractivity contribution in [3.05, 3.63) is 109 Å². The van der Waals surface area contributed by atoms with E-state index in [0.29, 0.717) is 19.3 Å². The topological polar surface area (TPSA) is 78.9 Å². The molecule has 0 fully saturated rings. The Labute approximate surface area is 489 Å². The highest BCUT2D eigenvalue weighted by molar-refractivity contribution is 5.71. The normalized spacial score (nSPS) is 12.8. The quantitative estimate of drug-likeness (QED) is 0.0261. The lowest BCUT2D eigenvalue weighted by molar-refractivity contribution is -0.167. The van der Waals surface area contributed by atoms with Crippen molar-refractivity contribution in [2.45, 2.75) is 322 Å². The number of hydrogen-bond donors (Lipinski definition) is 0. The molecule has 6 nitrogen and oxygen atoms in total. The Morgan fingerprint density at radius 3 is 0.835 bits per heavy atom. The fourth-order valence-corrected chi connectivity index (χ4v) is 9.24. The maximum atomic E-state index is 12.9. The average Bonchev–Trinajstić information content (AvgIpc) is 3.45. The molecule has 0 radical (unpaired) electrons. The van der Waals surface area contributed by atoms with E-state index in [-0.39, 0.29) is 31.1 Å². The Morgan fingerprint density at radius 2 is 0.519 bits per heavy atom. The molecule has 0 aromatic carbocycles. The van der Waals surface area contributed by atoms with Crippen LogP contribution in [0.4, 0.5) is 0 Å². The van der Waals surface area contributed by atoms with Crippen molar-refractivity contribution < 1.29 is 28.6 Å². The number of carbonyl (C=O) groups is 3. The van der Waals surface area contributed by atoms with Crippen molar-refractivity contribution in [2.24, 2.45) is 0 Å². The van der Waals surface area contributed by atoms with Crippen LogP contribution in [-0.4, -0.2) is 37.2 Å². The first kappa shape index (κ1) is 75.1. The Balaban J connectivity index is 4.30. The van der Waals surface area contributed by atoms with Crippen LogP contribution in [0.15, 0.2) is 109 Å². The molecule has 0 bridgehead atoms. The third kappa shape index (κ3) is 64.8. The van der Waals surface area contributed by atoms with E-state index >= 15 is 0 Å². The molecule has 0 aromatic heterocycles. The predicted octanol–water partition coefficient (Wildman–Crippen LogP) is 23.0. The summed E-state index contributed by atoms with van der Waals surface area (Å²) in [7, 11) is 0. The monoisotopic (exact) mass is 1100 g/mol. The second-order valence-electron chi connectivity index (χ2n) is 22.0. The van der Waals surface area contributed by atoms with Gasteiger partial charge in [-0.1, -0.05) is 284 Å². The molecular formula is C73H124O6. The van der Waals surface area contributed by atoms with E-state index in [2.05, 4.69) is 130 Å². The summed E-state index contributed by atoms with van der Waals surface area (Å²) in [6.45, 7) is 6.47. The maximum absolute atomic E-state index is 12.9. The van der Waals surface area contributed by atoms with Crippen molar-refractivity contribution in [1.29, 1.82) is 0 Å². The van der Waals surface area contributed by atoms with Gasteiger partial charge < -0.3 is 14.2 Å². The maximum Gasteiger partial charge on any atom is 0.306 e. The summed E-state index contributed by atoms with van der Waals surface area (Å²) in [5.41, 5.74) is 0. The van der Waals surface area contributed by atoms with Gasteiger partial charge in [-0.25, -0.2) is 0 Å². The van der Waals surface area contributed by atoms with Gasteiger partial charge >= 0.3 is 17.9 Å². The van der Waals surface area contributed by atoms with Crippen LogP contribution in [0.25, 0.3) is 0 Å². The Hall–Kier alpha value is -3.93. The molecule has 1 atom stereocenters. The van der Waals surface area contributed by atoms with E-state index in [1.165, 1.54) is 148 Å². The first-order chi connectivity index (χ1) is 39.0. The van der Waals surface area contributed by atoms with Crippen LogP contribution in [0.1, 0.15) is 316 Å². The summed E-state index contributed by atoms with van der Waals surface area (Å²) < 4.78 is 16.9. The van der Waals surface area contributed by atoms with E-state index in [4.69, 9.17) is 14.2 Å². The van der Waals surface area contributed by atoms with Gasteiger partial charge in [-0.2, -0.15) is 0 Å². The zero-order valence-electron chi connectivity index (χ0n) is 51.9. The van der Waals surface area contributed by atoms with E-state index in [9.17, 15) is 14.4 Å². The number of ether oxygens (including phenoxy) is 3. The lowest BCUT2D eigenvalue weighted by Gasteiger charge is -2.18. The molecule has 0 aliphatic heterocycles. The van der Waals surface area contributed by atoms with Crippen LogP contribution < -0.4 is 0 Å². The summed E-state index contributed by atoms with van der Waals surface area (Å²) in [4.78, 5) is 38.3. The minimum Gasteiger partial charge on any atom is -0.462 e. The van der Waals surface area contributed by atoms with Crippen LogP contribution >= 0.6 is 0 Å². The van der Waals surface area contributed by atoms with Crippen LogP contribution in [0.3, 0.4) is 0 Å². The van der Waals surface area contributed by atoms with Crippen LogP contribution in [-0.2, 0) is 28.6 Å². The molecule has 79 heavy (non-hydrogen) atoms. The Morgan fingerprint density at radius 1 is 0.266 bits per heavy atom. The number of allylic oxidation sites excluding steroid dienone is 18. The fourth-order valence-electron chi connectivity index (χ4n) is 9.24. The highest BCUT2D eigenvalue weighted by atomic mass is 16.6. The molecule has 0 saturated carbocycles. The number of carbonyl (C=O) groups excluding carboxylic acids is 3. The standard InChI is InChI=1S/C73H124O6/c1-4-7-10-13-16-19-22-25-27-29-31-32-33-34-35-36-37-38-39-40-42-43-45-48-51-54-57-60-63-66-72(75)78-69-70(68-77-71(74)65-62-59-56-53-50-47-24-21-18-15-12-9-6-3)79-73(76)67-64-61-58-55-52-49-46-44-41-30-28-26-23-20-17-14-11-8-5-2/h7,10,12,15-16,19,21,24-28,31-32,34-35,37-38,70H,4-6,8-9,11,13-14,17-18,20,22-23,29-30,33,36,39-69H2,1-3H3/b10-7-,15-12-,19-16-,24-21-,27-25-,28-26-,32-31-,35-34-,38-37-. The third-order valence-electron chi connectivity index (χ3n) is 14.2. The average molecular weight is 1100 g/mol. The zero-order chi connectivity index (χ0) is 57.1. The first-order valence-corrected chi connectivity index (χ1v) is 33.4. The van der Waals surface area contributed by atoms with Crippen molar-refractivity contribution in [3.8, 4) is 0 Å². The Bertz CT molecular complexity index is 1590. The molecule has 0 aromatic rings. The number of rotatable bonds is 60. The fraction of sp³-hybridized carbons (Fsp3) is 0.712. The van der Waals surface area contributed by atoms with Crippen LogP contribution in [0, 0.1) is 0 Å². The van der Waals surface area contributed by atoms with E-state index < -0.39 is 6.10 Å². The van der Waals surface area contributed by atoms with E-state index in [1.807, 2.05) is 0 Å². The number of esters is 3. The third-order valence-corrected chi connectivity index (χ3v) is 14.2. The van der Waals surface area contributed by atoms with Gasteiger partial charge in [0.05, 0.1) is 0 Å². The largest absolute Gasteiger partial charge is 0.462 e. The van der Waals surface area contributed by atoms with Gasteiger partial charge in [-0.05, 0) is 122 Å². The second-order valence-corrected chi connectivity index (χ2v) is 22.0. The minimum absolute atomic E-state index is 0.0851. The van der Waals surface area contributed by atoms with Gasteiger partial charge in [-0.15, -0.1) is 0 Å². The smallest absolute Gasteiger partial charge is 0.306 e. The summed E-state index contributed by atoms with van der Waals surface area (Å²) in [6.07, 6.45) is 91.0. The van der Waals surface area contributed by atoms with E-state index in [0.717, 1.165) is 128 Å². The van der Waals surface area contributed by atoms with Crippen molar-refractivity contribution in [3.63, 3.8) is 0 Å². The molecule has 452 valence electrons. The lowest BCUT2D eigenvalue weighted by atomic mass is 10.0. The second kappa shape index (κ2) is 66.6. The molecule has 0 aliphatic carbocycles. The van der Waals surface area contributed by atoms with Gasteiger partial charge in [0.15, 0.2) is 6.10 Å². The Kier molecular flexibility index (Phi) is 63.3. The molecule has 0 rings (SSSR count). The molecule has 1 unspecified atom stereocenters. The molecule has 0 aliphatic rings. The number of unbranched alkanes of at least 4 members (excludes halogenated alkanes) is 31. The van der Waals surface area contributed by atoms with Crippen LogP contribution in [0.5, 0.6) is 0 Å². The number of hydrogen-bond acceptors (Lipinski definition) is 6. The van der Waals surface area contributed by atoms with Gasteiger partial charge in [0.25, 0.3) is 0 Å². The first-order valence-electron chi connectivity index (χ1n) is 33.4. The van der Waals surface area contributed by atoms with E-state index in [1.54, 1.807) is 0 Å². The molecule has 0 heterocycles. The molecule has 0 N–H and O–H groups in total. The van der Waals surface area contributed by atoms with Gasteiger partial charge in [0.1, 0.15) is 13.2 Å². The lowest BCUT2D eigenvalue weighted by Crippen LogP contribution is -2.30. The van der Waals surface area contributed by atoms with Gasteiger partial charge in [0.2, 0.25) is 0 Å². The summed E-state index contributed by atoms with van der Waals surface area (Å²) in [6, 6.07) is 0. The van der Waals surface area contributed by atoms with Gasteiger partial charge in [-0.3, -0.25) is 14.4 Å². The highest BCUT2D eigenvalue weighted by Crippen LogP contribution is 2.16. The van der Waals surface area contributed by atoms with Crippen molar-refractivity contribution in [2.75, 3.05) is 13.2 Å². The summed E-state index contributed by atoms with van der Waals surface area (Å²) in [5.74, 6) is -0.896. The summed E-state index contributed by atoms with van der Waals surface area (Å²) in [5, 5.41) is 0. The SMILES string of the molecule is CC/C=C\C/C=C\C/C=C\C/C=C\C/C=C\C/C=C\CCCCCCCCCCCCC(=O)OCC(COC(=O)CCCCCCC/C=C\C/C=C\CCC)OC(=O)CCCCCCCCCCC/C=C\CCCCCCCC. The molecule has 0 amide bonds. The zero-order valence-corrected chi connectivity index (χ0v) is 51.9. The minimum atomic E-state index is -0.789. The highest BCUT2D eigenvalue weighted by Gasteiger charge is 2.19. The molecule has 0 saturated heterocycles. The molecule has 6 heteroatoms. The van der Waals surface area contributed by atoms with Crippen molar-refractivity contribution in [1.82, 2.24) is 0 Å². The van der Waals surface area contributed by atoms with Crippen molar-refractivity contribution >= 4 is 17.9 Å². The molecular weight excluding hydrogens is 973 g/mol. The van der Waals surface area contributed by atoms with Crippen LogP contribution in [0.2, 0.25) is 0 Å². The molecule has 0 spiro atoms. The van der Waals surface area contributed by atoms with Gasteiger partial charge in [0, 0.05) is 19.3 Å². The predicted molar refractivity (Wildman–Crippen MR) is 343 cm³/mol.